The number of halogens is 1. The summed E-state index contributed by atoms with van der Waals surface area (Å²) in [5.74, 6) is -0.431. The summed E-state index contributed by atoms with van der Waals surface area (Å²) < 4.78 is 42.2. The normalized spacial score (nSPS) is 20.9. The van der Waals surface area contributed by atoms with Crippen molar-refractivity contribution in [2.75, 3.05) is 17.8 Å². The van der Waals surface area contributed by atoms with Gasteiger partial charge in [-0.25, -0.2) is 4.39 Å². The molecule has 1 atom stereocenters. The van der Waals surface area contributed by atoms with Crippen molar-refractivity contribution in [2.45, 2.75) is 32.2 Å². The number of hydrogen-bond acceptors (Lipinski definition) is 3. The maximum absolute atomic E-state index is 13.5. The Morgan fingerprint density at radius 2 is 2.20 bits per heavy atom. The first-order valence-corrected chi connectivity index (χ1v) is 8.14. The molecule has 0 spiro atoms. The van der Waals surface area contributed by atoms with Gasteiger partial charge in [-0.2, -0.15) is 12.7 Å². The molecule has 1 aromatic carbocycles. The third kappa shape index (κ3) is 3.11. The first kappa shape index (κ1) is 15.2. The molecule has 1 aliphatic rings. The van der Waals surface area contributed by atoms with E-state index in [1.165, 1.54) is 16.4 Å². The van der Waals surface area contributed by atoms with Gasteiger partial charge in [0, 0.05) is 24.7 Å². The van der Waals surface area contributed by atoms with E-state index in [9.17, 15) is 12.8 Å². The Kier molecular flexibility index (Phi) is 4.62. The number of nitrogens with one attached hydrogen (secondary N) is 1. The highest BCUT2D eigenvalue weighted by molar-refractivity contribution is 7.90. The number of nitrogens with zero attached hydrogens (tertiary/aromatic N) is 1. The van der Waals surface area contributed by atoms with Crippen molar-refractivity contribution in [1.29, 1.82) is 0 Å². The second-order valence-corrected chi connectivity index (χ2v) is 6.64. The zero-order chi connectivity index (χ0) is 14.8. The molecule has 1 fully saturated rings. The Morgan fingerprint density at radius 3 is 2.90 bits per heavy atom. The molecule has 1 aliphatic heterocycles. The Bertz CT molecular complexity index is 577. The third-order valence-corrected chi connectivity index (χ3v) is 5.24. The van der Waals surface area contributed by atoms with Crippen molar-refractivity contribution in [1.82, 2.24) is 4.31 Å². The average Bonchev–Trinajstić information content (AvgIpc) is 2.43. The summed E-state index contributed by atoms with van der Waals surface area (Å²) in [5, 5.41) is 0. The fourth-order valence-corrected chi connectivity index (χ4v) is 4.01. The summed E-state index contributed by atoms with van der Waals surface area (Å²) in [5.41, 5.74) is 6.20. The van der Waals surface area contributed by atoms with Crippen LogP contribution in [0, 0.1) is 12.7 Å². The fourth-order valence-electron chi connectivity index (χ4n) is 2.44. The number of piperidine rings is 1. The van der Waals surface area contributed by atoms with Crippen LogP contribution in [0.15, 0.2) is 18.2 Å². The first-order valence-electron chi connectivity index (χ1n) is 6.70. The third-order valence-electron chi connectivity index (χ3n) is 3.66. The van der Waals surface area contributed by atoms with Gasteiger partial charge in [-0.05, 0) is 31.9 Å². The maximum atomic E-state index is 13.5. The van der Waals surface area contributed by atoms with Crippen molar-refractivity contribution in [3.8, 4) is 0 Å². The van der Waals surface area contributed by atoms with Crippen LogP contribution in [-0.2, 0) is 10.2 Å². The Balaban J connectivity index is 2.24. The van der Waals surface area contributed by atoms with Crippen molar-refractivity contribution < 1.29 is 12.8 Å². The second-order valence-electron chi connectivity index (χ2n) is 5.02. The molecular weight excluding hydrogens is 281 g/mol. The van der Waals surface area contributed by atoms with Crippen LogP contribution < -0.4 is 10.5 Å². The van der Waals surface area contributed by atoms with Gasteiger partial charge in [-0.3, -0.25) is 4.72 Å². The van der Waals surface area contributed by atoms with Gasteiger partial charge in [0.05, 0.1) is 5.69 Å². The highest BCUT2D eigenvalue weighted by atomic mass is 32.2. The molecule has 20 heavy (non-hydrogen) atoms. The molecule has 1 heterocycles. The van der Waals surface area contributed by atoms with E-state index in [0.717, 1.165) is 19.3 Å². The molecule has 5 nitrogen and oxygen atoms in total. The van der Waals surface area contributed by atoms with E-state index in [2.05, 4.69) is 4.72 Å². The van der Waals surface area contributed by atoms with Crippen molar-refractivity contribution in [3.05, 3.63) is 29.6 Å². The lowest BCUT2D eigenvalue weighted by Gasteiger charge is -2.34. The van der Waals surface area contributed by atoms with E-state index in [0.29, 0.717) is 13.1 Å². The number of hydrogen-bond donors (Lipinski definition) is 2. The van der Waals surface area contributed by atoms with Crippen LogP contribution in [0.1, 0.15) is 24.8 Å². The van der Waals surface area contributed by atoms with E-state index < -0.39 is 16.0 Å². The lowest BCUT2D eigenvalue weighted by Crippen LogP contribution is -2.49. The van der Waals surface area contributed by atoms with Gasteiger partial charge >= 0.3 is 10.2 Å². The molecule has 1 saturated heterocycles. The molecule has 0 amide bonds. The van der Waals surface area contributed by atoms with Gasteiger partial charge in [-0.1, -0.05) is 12.5 Å². The van der Waals surface area contributed by atoms with Crippen LogP contribution in [0.4, 0.5) is 10.1 Å². The Hall–Kier alpha value is -1.18. The highest BCUT2D eigenvalue weighted by Crippen LogP contribution is 2.24. The summed E-state index contributed by atoms with van der Waals surface area (Å²) in [6.07, 6.45) is 2.56. The minimum Gasteiger partial charge on any atom is -0.329 e. The standard InChI is InChI=1S/C13H20FN3O2S/c1-10-12(14)6-4-7-13(10)16-20(18,19)17-8-3-2-5-11(17)9-15/h4,6-7,11,16H,2-3,5,8-9,15H2,1H3. The van der Waals surface area contributed by atoms with Crippen LogP contribution >= 0.6 is 0 Å². The first-order chi connectivity index (χ1) is 9.45. The van der Waals surface area contributed by atoms with E-state index in [1.54, 1.807) is 13.0 Å². The number of rotatable bonds is 4. The van der Waals surface area contributed by atoms with Gasteiger partial charge < -0.3 is 5.73 Å². The minimum absolute atomic E-state index is 0.185. The van der Waals surface area contributed by atoms with Gasteiger partial charge in [0.2, 0.25) is 0 Å². The highest BCUT2D eigenvalue weighted by Gasteiger charge is 2.31. The van der Waals surface area contributed by atoms with Gasteiger partial charge in [-0.15, -0.1) is 0 Å². The van der Waals surface area contributed by atoms with Crippen LogP contribution in [0.25, 0.3) is 0 Å². The quantitative estimate of drug-likeness (QED) is 0.887. The maximum Gasteiger partial charge on any atom is 0.301 e. The predicted molar refractivity (Wildman–Crippen MR) is 77.1 cm³/mol. The topological polar surface area (TPSA) is 75.4 Å². The molecule has 2 rings (SSSR count). The summed E-state index contributed by atoms with van der Waals surface area (Å²) in [4.78, 5) is 0. The molecule has 3 N–H and O–H groups in total. The molecular formula is C13H20FN3O2S. The number of nitrogens with two attached hydrogens (primary N) is 1. The molecule has 7 heteroatoms. The molecule has 0 aliphatic carbocycles. The Labute approximate surface area is 119 Å². The molecule has 0 bridgehead atoms. The van der Waals surface area contributed by atoms with Crippen molar-refractivity contribution in [2.24, 2.45) is 5.73 Å². The number of anilines is 1. The fraction of sp³-hybridized carbons (Fsp3) is 0.538. The molecule has 0 radical (unpaired) electrons. The summed E-state index contributed by atoms with van der Waals surface area (Å²) in [6, 6.07) is 4.15. The van der Waals surface area contributed by atoms with Gasteiger partial charge in [0.1, 0.15) is 5.82 Å². The summed E-state index contributed by atoms with van der Waals surface area (Å²) in [7, 11) is -3.70. The Morgan fingerprint density at radius 1 is 1.45 bits per heavy atom. The molecule has 0 aromatic heterocycles. The minimum atomic E-state index is -3.70. The molecule has 1 unspecified atom stereocenters. The lowest BCUT2D eigenvalue weighted by atomic mass is 10.1. The van der Waals surface area contributed by atoms with Crippen molar-refractivity contribution >= 4 is 15.9 Å². The smallest absolute Gasteiger partial charge is 0.301 e. The van der Waals surface area contributed by atoms with E-state index in [-0.39, 0.29) is 17.3 Å². The summed E-state index contributed by atoms with van der Waals surface area (Å²) >= 11 is 0. The SMILES string of the molecule is Cc1c(F)cccc1NS(=O)(=O)N1CCCCC1CN. The summed E-state index contributed by atoms with van der Waals surface area (Å²) in [6.45, 7) is 2.29. The van der Waals surface area contributed by atoms with Crippen LogP contribution in [0.3, 0.4) is 0 Å². The molecule has 0 saturated carbocycles. The van der Waals surface area contributed by atoms with Gasteiger partial charge in [0.15, 0.2) is 0 Å². The van der Waals surface area contributed by atoms with E-state index >= 15 is 0 Å². The second kappa shape index (κ2) is 6.07. The largest absolute Gasteiger partial charge is 0.329 e. The van der Waals surface area contributed by atoms with Gasteiger partial charge in [0.25, 0.3) is 0 Å². The van der Waals surface area contributed by atoms with Crippen LogP contribution in [-0.4, -0.2) is 31.9 Å². The predicted octanol–water partition coefficient (Wildman–Crippen LogP) is 1.60. The number of benzene rings is 1. The molecule has 112 valence electrons. The zero-order valence-corrected chi connectivity index (χ0v) is 12.3. The van der Waals surface area contributed by atoms with Crippen molar-refractivity contribution in [3.63, 3.8) is 0 Å². The van der Waals surface area contributed by atoms with Crippen LogP contribution in [0.2, 0.25) is 0 Å². The average molecular weight is 301 g/mol. The van der Waals surface area contributed by atoms with E-state index in [1.807, 2.05) is 0 Å². The van der Waals surface area contributed by atoms with Crippen LogP contribution in [0.5, 0.6) is 0 Å². The molecule has 1 aromatic rings. The van der Waals surface area contributed by atoms with E-state index in [4.69, 9.17) is 5.73 Å². The monoisotopic (exact) mass is 301 g/mol. The lowest BCUT2D eigenvalue weighted by molar-refractivity contribution is 0.259. The zero-order valence-electron chi connectivity index (χ0n) is 11.5.